The molecule has 0 aromatic heterocycles. The maximum Gasteiger partial charge on any atom is 0.158 e. The highest BCUT2D eigenvalue weighted by molar-refractivity contribution is 5.62. The molecule has 0 heterocycles. The molecule has 0 amide bonds. The van der Waals surface area contributed by atoms with Crippen molar-refractivity contribution in [3.05, 3.63) is 24.5 Å². The van der Waals surface area contributed by atoms with Gasteiger partial charge in [0.25, 0.3) is 0 Å². The minimum atomic E-state index is -1.06. The first-order valence-electron chi connectivity index (χ1n) is 2.62. The molecule has 3 heteroatoms. The van der Waals surface area contributed by atoms with Crippen molar-refractivity contribution in [2.75, 3.05) is 0 Å². The molecule has 0 radical (unpaired) electrons. The Labute approximate surface area is 58.9 Å². The summed E-state index contributed by atoms with van der Waals surface area (Å²) in [6.07, 6.45) is 2.89. The predicted octanol–water partition coefficient (Wildman–Crippen LogP) is 0.953. The summed E-state index contributed by atoms with van der Waals surface area (Å²) in [7, 11) is 0. The Bertz CT molecular complexity index is 200. The van der Waals surface area contributed by atoms with Crippen molar-refractivity contribution in [2.24, 2.45) is 5.92 Å². The first kappa shape index (κ1) is 8.44. The first-order valence-corrected chi connectivity index (χ1v) is 2.62. The molecule has 3 nitrogen and oxygen atoms in total. The minimum absolute atomic E-state index is 0.271. The minimum Gasteiger partial charge on any atom is -0.510 e. The SMILES string of the molecule is C=CC=C(O)C(C#N)C=O. The lowest BCUT2D eigenvalue weighted by atomic mass is 10.1. The van der Waals surface area contributed by atoms with E-state index in [2.05, 4.69) is 6.58 Å². The average Bonchev–Trinajstić information content (AvgIpc) is 1.91. The van der Waals surface area contributed by atoms with Crippen LogP contribution >= 0.6 is 0 Å². The summed E-state index contributed by atoms with van der Waals surface area (Å²) in [5.41, 5.74) is 0. The lowest BCUT2D eigenvalue weighted by Crippen LogP contribution is -2.01. The Hall–Kier alpha value is -1.56. The van der Waals surface area contributed by atoms with Gasteiger partial charge in [0.1, 0.15) is 12.0 Å². The van der Waals surface area contributed by atoms with Crippen LogP contribution in [0.4, 0.5) is 0 Å². The average molecular weight is 137 g/mol. The van der Waals surface area contributed by atoms with Crippen molar-refractivity contribution >= 4 is 6.29 Å². The summed E-state index contributed by atoms with van der Waals surface area (Å²) in [6.45, 7) is 3.29. The van der Waals surface area contributed by atoms with E-state index in [9.17, 15) is 4.79 Å². The molecule has 52 valence electrons. The van der Waals surface area contributed by atoms with Crippen molar-refractivity contribution in [1.29, 1.82) is 5.26 Å². The van der Waals surface area contributed by atoms with E-state index in [4.69, 9.17) is 10.4 Å². The molecule has 0 fully saturated rings. The highest BCUT2D eigenvalue weighted by Crippen LogP contribution is 2.02. The highest BCUT2D eigenvalue weighted by atomic mass is 16.3. The van der Waals surface area contributed by atoms with Crippen LogP contribution in [-0.4, -0.2) is 11.4 Å². The number of hydrogen-bond acceptors (Lipinski definition) is 3. The fourth-order valence-electron chi connectivity index (χ4n) is 0.391. The molecule has 0 aromatic carbocycles. The molecule has 0 saturated carbocycles. The van der Waals surface area contributed by atoms with Crippen molar-refractivity contribution in [1.82, 2.24) is 0 Å². The monoisotopic (exact) mass is 137 g/mol. The topological polar surface area (TPSA) is 61.1 Å². The molecule has 10 heavy (non-hydrogen) atoms. The van der Waals surface area contributed by atoms with Gasteiger partial charge in [0.15, 0.2) is 5.92 Å². The second kappa shape index (κ2) is 4.33. The quantitative estimate of drug-likeness (QED) is 0.358. The van der Waals surface area contributed by atoms with Crippen molar-refractivity contribution in [3.63, 3.8) is 0 Å². The third-order valence-corrected chi connectivity index (χ3v) is 0.882. The standard InChI is InChI=1S/C7H7NO2/c1-2-3-7(10)6(4-8)5-9/h2-3,5-6,10H,1H2. The van der Waals surface area contributed by atoms with Gasteiger partial charge in [-0.1, -0.05) is 12.7 Å². The number of aliphatic hydroxyl groups is 1. The molecule has 0 aliphatic heterocycles. The summed E-state index contributed by atoms with van der Waals surface area (Å²) in [5, 5.41) is 17.1. The van der Waals surface area contributed by atoms with E-state index in [1.165, 1.54) is 12.2 Å². The maximum atomic E-state index is 9.99. The number of aldehydes is 1. The number of rotatable bonds is 3. The Morgan fingerprint density at radius 2 is 2.40 bits per heavy atom. The lowest BCUT2D eigenvalue weighted by molar-refractivity contribution is -0.109. The van der Waals surface area contributed by atoms with Crippen LogP contribution in [0, 0.1) is 17.2 Å². The second-order valence-electron chi connectivity index (χ2n) is 1.57. The molecule has 0 saturated heterocycles. The van der Waals surface area contributed by atoms with Crippen LogP contribution in [0.5, 0.6) is 0 Å². The third kappa shape index (κ3) is 2.14. The highest BCUT2D eigenvalue weighted by Gasteiger charge is 2.08. The van der Waals surface area contributed by atoms with Gasteiger partial charge in [-0.15, -0.1) is 0 Å². The normalized spacial score (nSPS) is 13.3. The van der Waals surface area contributed by atoms with Crippen LogP contribution in [-0.2, 0) is 4.79 Å². The number of hydrogen-bond donors (Lipinski definition) is 1. The summed E-state index contributed by atoms with van der Waals surface area (Å²) < 4.78 is 0. The molecule has 1 N–H and O–H groups in total. The molecule has 0 aromatic rings. The molecule has 1 unspecified atom stereocenters. The number of nitriles is 1. The Kier molecular flexibility index (Phi) is 3.66. The van der Waals surface area contributed by atoms with Gasteiger partial charge in [-0.05, 0) is 6.08 Å². The molecule has 0 spiro atoms. The van der Waals surface area contributed by atoms with E-state index in [0.29, 0.717) is 6.29 Å². The van der Waals surface area contributed by atoms with Gasteiger partial charge in [0.05, 0.1) is 6.07 Å². The maximum absolute atomic E-state index is 9.99. The Balaban J connectivity index is 4.31. The van der Waals surface area contributed by atoms with Gasteiger partial charge in [0, 0.05) is 0 Å². The molecule has 0 bridgehead atoms. The predicted molar refractivity (Wildman–Crippen MR) is 36.1 cm³/mol. The van der Waals surface area contributed by atoms with Crippen LogP contribution in [0.15, 0.2) is 24.5 Å². The van der Waals surface area contributed by atoms with Crippen LogP contribution in [0.25, 0.3) is 0 Å². The van der Waals surface area contributed by atoms with E-state index in [1.807, 2.05) is 0 Å². The summed E-state index contributed by atoms with van der Waals surface area (Å²) in [6, 6.07) is 1.60. The first-order chi connectivity index (χ1) is 4.76. The molecule has 0 aliphatic rings. The molecular formula is C7H7NO2. The zero-order valence-electron chi connectivity index (χ0n) is 5.32. The van der Waals surface area contributed by atoms with Crippen molar-refractivity contribution < 1.29 is 9.90 Å². The third-order valence-electron chi connectivity index (χ3n) is 0.882. The van der Waals surface area contributed by atoms with Gasteiger partial charge in [-0.2, -0.15) is 5.26 Å². The van der Waals surface area contributed by atoms with E-state index >= 15 is 0 Å². The fraction of sp³-hybridized carbons (Fsp3) is 0.143. The van der Waals surface area contributed by atoms with Gasteiger partial charge in [-0.25, -0.2) is 0 Å². The largest absolute Gasteiger partial charge is 0.510 e. The van der Waals surface area contributed by atoms with E-state index in [-0.39, 0.29) is 5.76 Å². The number of carbonyl (C=O) groups is 1. The summed E-state index contributed by atoms with van der Waals surface area (Å²) >= 11 is 0. The van der Waals surface area contributed by atoms with E-state index in [0.717, 1.165) is 0 Å². The van der Waals surface area contributed by atoms with Crippen molar-refractivity contribution in [2.45, 2.75) is 0 Å². The number of nitrogens with zero attached hydrogens (tertiary/aromatic N) is 1. The van der Waals surface area contributed by atoms with E-state index < -0.39 is 5.92 Å². The number of allylic oxidation sites excluding steroid dienone is 3. The smallest absolute Gasteiger partial charge is 0.158 e. The van der Waals surface area contributed by atoms with Gasteiger partial charge < -0.3 is 9.90 Å². The zero-order chi connectivity index (χ0) is 7.98. The van der Waals surface area contributed by atoms with Crippen LogP contribution in [0.1, 0.15) is 0 Å². The van der Waals surface area contributed by atoms with Crippen LogP contribution in [0.3, 0.4) is 0 Å². The van der Waals surface area contributed by atoms with Gasteiger partial charge in [-0.3, -0.25) is 0 Å². The summed E-state index contributed by atoms with van der Waals surface area (Å²) in [5.74, 6) is -1.33. The summed E-state index contributed by atoms with van der Waals surface area (Å²) in [4.78, 5) is 9.99. The molecular weight excluding hydrogens is 130 g/mol. The molecule has 1 atom stereocenters. The molecule has 0 rings (SSSR count). The van der Waals surface area contributed by atoms with Gasteiger partial charge in [0.2, 0.25) is 0 Å². The zero-order valence-corrected chi connectivity index (χ0v) is 5.32. The number of carbonyl (C=O) groups excluding carboxylic acids is 1. The van der Waals surface area contributed by atoms with Crippen LogP contribution < -0.4 is 0 Å². The van der Waals surface area contributed by atoms with Gasteiger partial charge >= 0.3 is 0 Å². The van der Waals surface area contributed by atoms with Crippen LogP contribution in [0.2, 0.25) is 0 Å². The molecule has 0 aliphatic carbocycles. The lowest BCUT2D eigenvalue weighted by Gasteiger charge is -1.95. The number of aliphatic hydroxyl groups excluding tert-OH is 1. The fourth-order valence-corrected chi connectivity index (χ4v) is 0.391. The Morgan fingerprint density at radius 1 is 1.80 bits per heavy atom. The Morgan fingerprint density at radius 3 is 2.70 bits per heavy atom. The van der Waals surface area contributed by atoms with E-state index in [1.54, 1.807) is 6.07 Å². The van der Waals surface area contributed by atoms with Crippen molar-refractivity contribution in [3.8, 4) is 6.07 Å². The second-order valence-corrected chi connectivity index (χ2v) is 1.57.